The van der Waals surface area contributed by atoms with Crippen LogP contribution >= 0.6 is 11.6 Å². The molecule has 2 aromatic carbocycles. The molecule has 4 rings (SSSR count). The zero-order chi connectivity index (χ0) is 19.0. The molecule has 1 atom stereocenters. The first-order valence-electron chi connectivity index (χ1n) is 8.94. The maximum atomic E-state index is 13.1. The van der Waals surface area contributed by atoms with E-state index in [0.29, 0.717) is 41.1 Å². The highest BCUT2D eigenvalue weighted by Crippen LogP contribution is 2.44. The van der Waals surface area contributed by atoms with Gasteiger partial charge in [-0.3, -0.25) is 14.5 Å². The number of hydrogen-bond donors (Lipinski definition) is 0. The second kappa shape index (κ2) is 7.02. The molecular formula is C22H17ClN2O2. The summed E-state index contributed by atoms with van der Waals surface area (Å²) in [7, 11) is 0. The van der Waals surface area contributed by atoms with E-state index in [4.69, 9.17) is 11.6 Å². The molecule has 27 heavy (non-hydrogen) atoms. The summed E-state index contributed by atoms with van der Waals surface area (Å²) in [4.78, 5) is 27.6. The number of nitriles is 1. The van der Waals surface area contributed by atoms with Crippen molar-refractivity contribution in [3.8, 4) is 6.07 Å². The van der Waals surface area contributed by atoms with Crippen LogP contribution < -0.4 is 4.90 Å². The lowest BCUT2D eigenvalue weighted by Crippen LogP contribution is -2.40. The van der Waals surface area contributed by atoms with E-state index in [2.05, 4.69) is 6.07 Å². The van der Waals surface area contributed by atoms with Crippen molar-refractivity contribution < 1.29 is 9.59 Å². The summed E-state index contributed by atoms with van der Waals surface area (Å²) < 4.78 is 0. The number of rotatable bonds is 2. The van der Waals surface area contributed by atoms with Gasteiger partial charge in [0.1, 0.15) is 6.07 Å². The summed E-state index contributed by atoms with van der Waals surface area (Å²) in [5.41, 5.74) is 3.28. The minimum absolute atomic E-state index is 0.0770. The molecule has 134 valence electrons. The highest BCUT2D eigenvalue weighted by molar-refractivity contribution is 6.30. The van der Waals surface area contributed by atoms with Crippen molar-refractivity contribution in [2.24, 2.45) is 0 Å². The summed E-state index contributed by atoms with van der Waals surface area (Å²) in [6, 6.07) is 16.5. The van der Waals surface area contributed by atoms with E-state index in [0.717, 1.165) is 11.3 Å². The molecule has 0 aromatic heterocycles. The third-order valence-electron chi connectivity index (χ3n) is 5.19. The van der Waals surface area contributed by atoms with Gasteiger partial charge in [0.2, 0.25) is 5.91 Å². The van der Waals surface area contributed by atoms with E-state index < -0.39 is 0 Å². The number of carbonyl (C=O) groups is 2. The fourth-order valence-electron chi connectivity index (χ4n) is 4.04. The molecule has 1 aliphatic heterocycles. The van der Waals surface area contributed by atoms with Crippen LogP contribution in [0.3, 0.4) is 0 Å². The SMILES string of the molecule is N#Cc1ccccc1N1C(=O)CC(c2cccc(Cl)c2)C2=C1CCCC2=O. The van der Waals surface area contributed by atoms with E-state index in [1.165, 1.54) is 0 Å². The number of nitrogens with zero attached hydrogens (tertiary/aromatic N) is 2. The van der Waals surface area contributed by atoms with E-state index in [9.17, 15) is 14.9 Å². The van der Waals surface area contributed by atoms with Crippen LogP contribution in [0, 0.1) is 11.3 Å². The summed E-state index contributed by atoms with van der Waals surface area (Å²) in [5.74, 6) is -0.311. The fourth-order valence-corrected chi connectivity index (χ4v) is 4.24. The second-order valence-electron chi connectivity index (χ2n) is 6.81. The number of para-hydroxylation sites is 1. The molecule has 0 radical (unpaired) electrons. The predicted octanol–water partition coefficient (Wildman–Crippen LogP) is 4.74. The Bertz CT molecular complexity index is 1020. The Labute approximate surface area is 162 Å². The topological polar surface area (TPSA) is 61.2 Å². The summed E-state index contributed by atoms with van der Waals surface area (Å²) in [6.07, 6.45) is 2.02. The quantitative estimate of drug-likeness (QED) is 0.760. The number of hydrogen-bond acceptors (Lipinski definition) is 3. The average molecular weight is 377 g/mol. The van der Waals surface area contributed by atoms with Crippen molar-refractivity contribution in [3.63, 3.8) is 0 Å². The molecule has 0 fully saturated rings. The lowest BCUT2D eigenvalue weighted by molar-refractivity contribution is -0.119. The van der Waals surface area contributed by atoms with E-state index in [1.54, 1.807) is 35.2 Å². The Morgan fingerprint density at radius 1 is 1.07 bits per heavy atom. The highest BCUT2D eigenvalue weighted by atomic mass is 35.5. The molecule has 1 unspecified atom stereocenters. The average Bonchev–Trinajstić information content (AvgIpc) is 2.67. The van der Waals surface area contributed by atoms with Crippen molar-refractivity contribution in [2.75, 3.05) is 4.90 Å². The Balaban J connectivity index is 1.90. The molecule has 0 saturated heterocycles. The van der Waals surface area contributed by atoms with Gasteiger partial charge in [-0.2, -0.15) is 5.26 Å². The zero-order valence-corrected chi connectivity index (χ0v) is 15.4. The summed E-state index contributed by atoms with van der Waals surface area (Å²) in [6.45, 7) is 0. The molecular weight excluding hydrogens is 360 g/mol. The Hall–Kier alpha value is -2.90. The highest BCUT2D eigenvalue weighted by Gasteiger charge is 2.40. The number of allylic oxidation sites excluding steroid dienone is 2. The van der Waals surface area contributed by atoms with Gasteiger partial charge < -0.3 is 0 Å². The van der Waals surface area contributed by atoms with Gasteiger partial charge in [-0.15, -0.1) is 0 Å². The molecule has 2 aliphatic rings. The number of carbonyl (C=O) groups excluding carboxylic acids is 2. The lowest BCUT2D eigenvalue weighted by Gasteiger charge is -2.38. The van der Waals surface area contributed by atoms with Gasteiger partial charge in [0.25, 0.3) is 0 Å². The maximum absolute atomic E-state index is 13.1. The number of Topliss-reactive ketones (excluding diaryl/α,β-unsaturated/α-hetero) is 1. The smallest absolute Gasteiger partial charge is 0.232 e. The van der Waals surface area contributed by atoms with Crippen molar-refractivity contribution in [3.05, 3.63) is 76.0 Å². The third kappa shape index (κ3) is 3.05. The number of ketones is 1. The van der Waals surface area contributed by atoms with Crippen LogP contribution in [0.1, 0.15) is 42.7 Å². The van der Waals surface area contributed by atoms with Crippen LogP contribution in [-0.4, -0.2) is 11.7 Å². The predicted molar refractivity (Wildman–Crippen MR) is 103 cm³/mol. The van der Waals surface area contributed by atoms with E-state index >= 15 is 0 Å². The molecule has 1 amide bonds. The van der Waals surface area contributed by atoms with Crippen LogP contribution in [0.25, 0.3) is 0 Å². The van der Waals surface area contributed by atoms with Crippen molar-refractivity contribution in [1.29, 1.82) is 5.26 Å². The molecule has 4 nitrogen and oxygen atoms in total. The molecule has 2 aromatic rings. The zero-order valence-electron chi connectivity index (χ0n) is 14.6. The maximum Gasteiger partial charge on any atom is 0.232 e. The number of halogens is 1. The standard InChI is InChI=1S/C22H17ClN2O2/c23-16-7-3-6-14(11-16)17-12-21(27)25(18-8-2-1-5-15(18)13-24)19-9-4-10-20(26)22(17)19/h1-3,5-8,11,17H,4,9-10,12H2. The van der Waals surface area contributed by atoms with Gasteiger partial charge in [0, 0.05) is 35.1 Å². The van der Waals surface area contributed by atoms with E-state index in [1.807, 2.05) is 18.2 Å². The summed E-state index contributed by atoms with van der Waals surface area (Å²) in [5, 5.41) is 10.0. The lowest BCUT2D eigenvalue weighted by atomic mass is 9.77. The van der Waals surface area contributed by atoms with Gasteiger partial charge in [-0.05, 0) is 42.7 Å². The molecule has 5 heteroatoms. The van der Waals surface area contributed by atoms with Gasteiger partial charge >= 0.3 is 0 Å². The van der Waals surface area contributed by atoms with Crippen LogP contribution in [0.15, 0.2) is 59.8 Å². The van der Waals surface area contributed by atoms with E-state index in [-0.39, 0.29) is 24.0 Å². The first kappa shape index (κ1) is 17.5. The molecule has 0 bridgehead atoms. The minimum Gasteiger partial charge on any atom is -0.294 e. The molecule has 0 saturated carbocycles. The normalized spacial score (nSPS) is 19.7. The van der Waals surface area contributed by atoms with Crippen molar-refractivity contribution >= 4 is 29.0 Å². The fraction of sp³-hybridized carbons (Fsp3) is 0.227. The third-order valence-corrected chi connectivity index (χ3v) is 5.43. The monoisotopic (exact) mass is 376 g/mol. The second-order valence-corrected chi connectivity index (χ2v) is 7.24. The van der Waals surface area contributed by atoms with Crippen LogP contribution in [0.2, 0.25) is 5.02 Å². The summed E-state index contributed by atoms with van der Waals surface area (Å²) >= 11 is 6.14. The number of anilines is 1. The van der Waals surface area contributed by atoms with Crippen LogP contribution in [0.4, 0.5) is 5.69 Å². The van der Waals surface area contributed by atoms with Gasteiger partial charge in [0.15, 0.2) is 5.78 Å². The van der Waals surface area contributed by atoms with Gasteiger partial charge in [-0.1, -0.05) is 35.9 Å². The van der Waals surface area contributed by atoms with Crippen molar-refractivity contribution in [1.82, 2.24) is 0 Å². The van der Waals surface area contributed by atoms with Crippen molar-refractivity contribution in [2.45, 2.75) is 31.6 Å². The van der Waals surface area contributed by atoms with Gasteiger partial charge in [0.05, 0.1) is 11.3 Å². The molecule has 1 aliphatic carbocycles. The molecule has 0 spiro atoms. The minimum atomic E-state index is -0.288. The Kier molecular flexibility index (Phi) is 4.55. The van der Waals surface area contributed by atoms with Crippen LogP contribution in [-0.2, 0) is 9.59 Å². The molecule has 1 heterocycles. The first-order valence-corrected chi connectivity index (χ1v) is 9.31. The number of benzene rings is 2. The largest absolute Gasteiger partial charge is 0.294 e. The number of amides is 1. The first-order chi connectivity index (χ1) is 13.1. The Morgan fingerprint density at radius 2 is 1.89 bits per heavy atom. The molecule has 0 N–H and O–H groups in total. The van der Waals surface area contributed by atoms with Crippen LogP contribution in [0.5, 0.6) is 0 Å². The Morgan fingerprint density at radius 3 is 2.67 bits per heavy atom. The van der Waals surface area contributed by atoms with Gasteiger partial charge in [-0.25, -0.2) is 0 Å².